The molecule has 0 bridgehead atoms. The average molecular weight is 312 g/mol. The molecule has 7 heteroatoms. The van der Waals surface area contributed by atoms with E-state index in [2.05, 4.69) is 10.6 Å². The number of rotatable bonds is 5. The van der Waals surface area contributed by atoms with Crippen molar-refractivity contribution < 1.29 is 23.5 Å². The quantitative estimate of drug-likeness (QED) is 0.782. The van der Waals surface area contributed by atoms with Gasteiger partial charge in [-0.15, -0.1) is 0 Å². The lowest BCUT2D eigenvalue weighted by atomic mass is 10.1. The van der Waals surface area contributed by atoms with Gasteiger partial charge in [-0.1, -0.05) is 12.1 Å². The first kappa shape index (κ1) is 16.2. The van der Waals surface area contributed by atoms with E-state index in [-0.39, 0.29) is 37.4 Å². The maximum absolute atomic E-state index is 13.0. The van der Waals surface area contributed by atoms with Crippen molar-refractivity contribution in [3.8, 4) is 0 Å². The molecular weight excluding hydrogens is 294 g/mol. The van der Waals surface area contributed by atoms with Crippen molar-refractivity contribution in [2.45, 2.75) is 31.7 Å². The second kappa shape index (κ2) is 6.72. The van der Waals surface area contributed by atoms with E-state index in [1.165, 1.54) is 12.1 Å². The molecule has 22 heavy (non-hydrogen) atoms. The highest BCUT2D eigenvalue weighted by Crippen LogP contribution is 2.38. The molecule has 1 saturated carbocycles. The number of urea groups is 1. The second-order valence-electron chi connectivity index (χ2n) is 5.53. The average Bonchev–Trinajstić information content (AvgIpc) is 2.82. The Morgan fingerprint density at radius 1 is 1.23 bits per heavy atom. The van der Waals surface area contributed by atoms with Crippen molar-refractivity contribution in [2.24, 2.45) is 5.92 Å². The van der Waals surface area contributed by atoms with Crippen LogP contribution in [0, 0.1) is 5.92 Å². The Bertz CT molecular complexity index is 546. The SMILES string of the molecule is O=C(NCc1ccc(C(=O)O)cc1)NCC1CCC(F)(F)C1. The lowest BCUT2D eigenvalue weighted by molar-refractivity contribution is 0.00514. The summed E-state index contributed by atoms with van der Waals surface area (Å²) in [6.07, 6.45) is 0.130. The first-order chi connectivity index (χ1) is 10.4. The molecule has 2 rings (SSSR count). The predicted molar refractivity (Wildman–Crippen MR) is 75.9 cm³/mol. The molecule has 1 aliphatic carbocycles. The standard InChI is InChI=1S/C15H18F2N2O3/c16-15(17)6-5-11(7-15)9-19-14(22)18-8-10-1-3-12(4-2-10)13(20)21/h1-4,11H,5-9H2,(H,20,21)(H2,18,19,22). The molecule has 0 aliphatic heterocycles. The highest BCUT2D eigenvalue weighted by Gasteiger charge is 2.39. The Kier molecular flexibility index (Phi) is 4.95. The molecule has 0 spiro atoms. The molecular formula is C15H18F2N2O3. The van der Waals surface area contributed by atoms with E-state index in [4.69, 9.17) is 5.11 Å². The molecule has 1 fully saturated rings. The minimum absolute atomic E-state index is 0.114. The molecule has 2 amide bonds. The fourth-order valence-electron chi connectivity index (χ4n) is 2.46. The summed E-state index contributed by atoms with van der Waals surface area (Å²) in [4.78, 5) is 22.3. The number of carboxylic acid groups (broad SMARTS) is 1. The number of hydrogen-bond acceptors (Lipinski definition) is 2. The fraction of sp³-hybridized carbons (Fsp3) is 0.467. The number of amides is 2. The van der Waals surface area contributed by atoms with Gasteiger partial charge in [0, 0.05) is 25.9 Å². The predicted octanol–water partition coefficient (Wildman–Crippen LogP) is 2.62. The van der Waals surface area contributed by atoms with Crippen LogP contribution in [0.25, 0.3) is 0 Å². The minimum atomic E-state index is -2.60. The van der Waals surface area contributed by atoms with E-state index < -0.39 is 17.9 Å². The summed E-state index contributed by atoms with van der Waals surface area (Å²) >= 11 is 0. The zero-order valence-electron chi connectivity index (χ0n) is 11.9. The van der Waals surface area contributed by atoms with Crippen LogP contribution in [0.1, 0.15) is 35.2 Å². The van der Waals surface area contributed by atoms with Gasteiger partial charge in [-0.05, 0) is 30.0 Å². The van der Waals surface area contributed by atoms with Gasteiger partial charge in [-0.25, -0.2) is 18.4 Å². The first-order valence-electron chi connectivity index (χ1n) is 7.07. The van der Waals surface area contributed by atoms with Crippen molar-refractivity contribution in [3.63, 3.8) is 0 Å². The highest BCUT2D eigenvalue weighted by molar-refractivity contribution is 5.87. The van der Waals surface area contributed by atoms with Gasteiger partial charge in [-0.2, -0.15) is 0 Å². The van der Waals surface area contributed by atoms with E-state index >= 15 is 0 Å². The van der Waals surface area contributed by atoms with Crippen LogP contribution >= 0.6 is 0 Å². The van der Waals surface area contributed by atoms with Crippen LogP contribution in [0.5, 0.6) is 0 Å². The molecule has 0 aromatic heterocycles. The van der Waals surface area contributed by atoms with E-state index in [1.807, 2.05) is 0 Å². The number of halogens is 2. The van der Waals surface area contributed by atoms with Crippen molar-refractivity contribution in [3.05, 3.63) is 35.4 Å². The third-order valence-corrected chi connectivity index (χ3v) is 3.71. The summed E-state index contributed by atoms with van der Waals surface area (Å²) in [5.74, 6) is -3.80. The van der Waals surface area contributed by atoms with Crippen LogP contribution in [-0.4, -0.2) is 29.6 Å². The minimum Gasteiger partial charge on any atom is -0.478 e. The van der Waals surface area contributed by atoms with Crippen LogP contribution in [0.3, 0.4) is 0 Å². The molecule has 0 saturated heterocycles. The van der Waals surface area contributed by atoms with Crippen LogP contribution in [0.4, 0.5) is 13.6 Å². The number of aromatic carboxylic acids is 1. The van der Waals surface area contributed by atoms with E-state index in [0.29, 0.717) is 6.42 Å². The normalized spacial score (nSPS) is 19.6. The van der Waals surface area contributed by atoms with Gasteiger partial charge < -0.3 is 15.7 Å². The molecule has 3 N–H and O–H groups in total. The molecule has 1 aromatic carbocycles. The maximum atomic E-state index is 13.0. The fourth-order valence-corrected chi connectivity index (χ4v) is 2.46. The molecule has 0 heterocycles. The number of alkyl halides is 2. The Morgan fingerprint density at radius 2 is 1.91 bits per heavy atom. The zero-order chi connectivity index (χ0) is 16.2. The van der Waals surface area contributed by atoms with Crippen molar-refractivity contribution in [2.75, 3.05) is 6.54 Å². The third-order valence-electron chi connectivity index (χ3n) is 3.71. The monoisotopic (exact) mass is 312 g/mol. The lowest BCUT2D eigenvalue weighted by Crippen LogP contribution is -2.37. The van der Waals surface area contributed by atoms with Gasteiger partial charge in [0.25, 0.3) is 0 Å². The molecule has 5 nitrogen and oxygen atoms in total. The number of nitrogens with one attached hydrogen (secondary N) is 2. The molecule has 1 atom stereocenters. The van der Waals surface area contributed by atoms with Crippen molar-refractivity contribution in [1.29, 1.82) is 0 Å². The van der Waals surface area contributed by atoms with Crippen LogP contribution in [-0.2, 0) is 6.54 Å². The Hall–Kier alpha value is -2.18. The van der Waals surface area contributed by atoms with E-state index in [9.17, 15) is 18.4 Å². The summed E-state index contributed by atoms with van der Waals surface area (Å²) in [7, 11) is 0. The number of carbonyl (C=O) groups excluding carboxylic acids is 1. The third kappa shape index (κ3) is 4.68. The molecule has 1 aliphatic rings. The molecule has 0 radical (unpaired) electrons. The van der Waals surface area contributed by atoms with Gasteiger partial charge in [0.1, 0.15) is 0 Å². The maximum Gasteiger partial charge on any atom is 0.335 e. The summed E-state index contributed by atoms with van der Waals surface area (Å²) < 4.78 is 26.0. The number of carboxylic acids is 1. The Morgan fingerprint density at radius 3 is 2.45 bits per heavy atom. The van der Waals surface area contributed by atoms with Gasteiger partial charge in [0.15, 0.2) is 0 Å². The summed E-state index contributed by atoms with van der Waals surface area (Å²) in [6, 6.07) is 5.72. The second-order valence-corrected chi connectivity index (χ2v) is 5.53. The summed E-state index contributed by atoms with van der Waals surface area (Å²) in [6.45, 7) is 0.478. The van der Waals surface area contributed by atoms with E-state index in [0.717, 1.165) is 5.56 Å². The van der Waals surface area contributed by atoms with Gasteiger partial charge in [-0.3, -0.25) is 0 Å². The lowest BCUT2D eigenvalue weighted by Gasteiger charge is -2.12. The largest absolute Gasteiger partial charge is 0.478 e. The first-order valence-corrected chi connectivity index (χ1v) is 7.07. The number of carbonyl (C=O) groups is 2. The van der Waals surface area contributed by atoms with E-state index in [1.54, 1.807) is 12.1 Å². The van der Waals surface area contributed by atoms with Crippen LogP contribution in [0.2, 0.25) is 0 Å². The van der Waals surface area contributed by atoms with Gasteiger partial charge in [0.05, 0.1) is 5.56 Å². The number of hydrogen-bond donors (Lipinski definition) is 3. The summed E-state index contributed by atoms with van der Waals surface area (Å²) in [5, 5.41) is 14.0. The van der Waals surface area contributed by atoms with Crippen molar-refractivity contribution in [1.82, 2.24) is 10.6 Å². The Labute approximate surface area is 126 Å². The van der Waals surface area contributed by atoms with Gasteiger partial charge >= 0.3 is 12.0 Å². The molecule has 120 valence electrons. The van der Waals surface area contributed by atoms with Crippen LogP contribution < -0.4 is 10.6 Å². The smallest absolute Gasteiger partial charge is 0.335 e. The number of benzene rings is 1. The van der Waals surface area contributed by atoms with Crippen molar-refractivity contribution >= 4 is 12.0 Å². The van der Waals surface area contributed by atoms with Gasteiger partial charge in [0.2, 0.25) is 5.92 Å². The zero-order valence-corrected chi connectivity index (χ0v) is 11.9. The Balaban J connectivity index is 1.70. The van der Waals surface area contributed by atoms with Crippen LogP contribution in [0.15, 0.2) is 24.3 Å². The molecule has 1 aromatic rings. The highest BCUT2D eigenvalue weighted by atomic mass is 19.3. The summed E-state index contributed by atoms with van der Waals surface area (Å²) in [5.41, 5.74) is 0.933. The topological polar surface area (TPSA) is 78.4 Å². The molecule has 1 unspecified atom stereocenters.